The lowest BCUT2D eigenvalue weighted by Gasteiger charge is -2.13. The average molecular weight is 291 g/mol. The van der Waals surface area contributed by atoms with Crippen LogP contribution in [-0.2, 0) is 4.79 Å². The Morgan fingerprint density at radius 2 is 1.95 bits per heavy atom. The molecule has 0 bridgehead atoms. The van der Waals surface area contributed by atoms with E-state index in [1.807, 2.05) is 21.0 Å². The largest absolute Gasteiger partial charge is 0.370 e. The van der Waals surface area contributed by atoms with E-state index in [-0.39, 0.29) is 17.8 Å². The molecule has 8 heteroatoms. The van der Waals surface area contributed by atoms with E-state index in [0.717, 1.165) is 5.56 Å². The maximum atomic E-state index is 11.8. The molecule has 0 aliphatic carbocycles. The molecule has 8 nitrogen and oxygen atoms in total. The first-order chi connectivity index (χ1) is 9.79. The average Bonchev–Trinajstić information content (AvgIpc) is 2.32. The summed E-state index contributed by atoms with van der Waals surface area (Å²) in [4.78, 5) is 21.3. The molecule has 0 unspecified atom stereocenters. The summed E-state index contributed by atoms with van der Waals surface area (Å²) in [6, 6.07) is 5.31. The van der Waals surface area contributed by atoms with Crippen LogP contribution in [0.4, 0.5) is 11.4 Å². The van der Waals surface area contributed by atoms with Gasteiger partial charge in [-0.1, -0.05) is 6.07 Å². The zero-order valence-corrected chi connectivity index (χ0v) is 12.4. The van der Waals surface area contributed by atoms with Crippen molar-refractivity contribution in [2.75, 3.05) is 26.0 Å². The summed E-state index contributed by atoms with van der Waals surface area (Å²) in [5.41, 5.74) is 18.1. The molecule has 0 aliphatic heterocycles. The van der Waals surface area contributed by atoms with Crippen molar-refractivity contribution in [3.63, 3.8) is 0 Å². The lowest BCUT2D eigenvalue weighted by molar-refractivity contribution is -0.116. The summed E-state index contributed by atoms with van der Waals surface area (Å²) < 4.78 is 0. The second-order valence-corrected chi connectivity index (χ2v) is 4.74. The fraction of sp³-hybridized carbons (Fsp3) is 0.308. The summed E-state index contributed by atoms with van der Waals surface area (Å²) >= 11 is 0. The third kappa shape index (κ3) is 5.49. The van der Waals surface area contributed by atoms with Crippen LogP contribution in [0.1, 0.15) is 5.56 Å². The highest BCUT2D eigenvalue weighted by atomic mass is 16.2. The van der Waals surface area contributed by atoms with Gasteiger partial charge in [-0.15, -0.1) is 0 Å². The van der Waals surface area contributed by atoms with E-state index >= 15 is 0 Å². The summed E-state index contributed by atoms with van der Waals surface area (Å²) in [7, 11) is 3.64. The van der Waals surface area contributed by atoms with E-state index in [2.05, 4.69) is 15.3 Å². The molecule has 0 saturated heterocycles. The Morgan fingerprint density at radius 3 is 2.52 bits per heavy atom. The third-order valence-electron chi connectivity index (χ3n) is 2.52. The van der Waals surface area contributed by atoms with Crippen LogP contribution in [0.2, 0.25) is 0 Å². The maximum Gasteiger partial charge on any atom is 0.238 e. The quantitative estimate of drug-likeness (QED) is 0.447. The molecule has 0 saturated carbocycles. The fourth-order valence-corrected chi connectivity index (χ4v) is 1.64. The molecule has 1 aromatic rings. The Kier molecular flexibility index (Phi) is 5.67. The van der Waals surface area contributed by atoms with Crippen molar-refractivity contribution >= 4 is 29.2 Å². The number of aliphatic imine (C=N–C) groups is 2. The second kappa shape index (κ2) is 7.25. The zero-order valence-electron chi connectivity index (χ0n) is 12.4. The van der Waals surface area contributed by atoms with Gasteiger partial charge in [0, 0.05) is 5.69 Å². The Balaban J connectivity index is 2.99. The molecule has 0 aliphatic rings. The van der Waals surface area contributed by atoms with Crippen molar-refractivity contribution in [3.05, 3.63) is 23.8 Å². The highest BCUT2D eigenvalue weighted by Gasteiger charge is 2.08. The van der Waals surface area contributed by atoms with Gasteiger partial charge < -0.3 is 27.4 Å². The van der Waals surface area contributed by atoms with Crippen LogP contribution in [0, 0.1) is 6.92 Å². The third-order valence-corrected chi connectivity index (χ3v) is 2.52. The smallest absolute Gasteiger partial charge is 0.238 e. The molecule has 7 N–H and O–H groups in total. The number of carbonyl (C=O) groups is 1. The summed E-state index contributed by atoms with van der Waals surface area (Å²) in [5.74, 6) is -0.319. The number of benzene rings is 1. The molecule has 1 aromatic carbocycles. The second-order valence-electron chi connectivity index (χ2n) is 4.74. The van der Waals surface area contributed by atoms with Crippen molar-refractivity contribution in [3.8, 4) is 0 Å². The first kappa shape index (κ1) is 16.4. The zero-order chi connectivity index (χ0) is 16.0. The lowest BCUT2D eigenvalue weighted by atomic mass is 10.1. The molecule has 1 rings (SSSR count). The van der Waals surface area contributed by atoms with Gasteiger partial charge in [0.1, 0.15) is 0 Å². The summed E-state index contributed by atoms with van der Waals surface area (Å²) in [6.45, 7) is 2.12. The molecule has 0 radical (unpaired) electrons. The van der Waals surface area contributed by atoms with Crippen LogP contribution in [0.25, 0.3) is 0 Å². The Morgan fingerprint density at radius 1 is 1.29 bits per heavy atom. The van der Waals surface area contributed by atoms with E-state index in [9.17, 15) is 4.79 Å². The maximum absolute atomic E-state index is 11.8. The number of nitrogens with one attached hydrogen (secondary N) is 1. The number of nitrogens with two attached hydrogens (primary N) is 3. The van der Waals surface area contributed by atoms with Crippen molar-refractivity contribution in [1.82, 2.24) is 4.90 Å². The van der Waals surface area contributed by atoms with Crippen molar-refractivity contribution in [2.24, 2.45) is 27.2 Å². The topological polar surface area (TPSA) is 135 Å². The number of likely N-dealkylation sites (N-methyl/N-ethyl adjacent to an activating group) is 1. The van der Waals surface area contributed by atoms with Gasteiger partial charge in [0.05, 0.1) is 12.2 Å². The summed E-state index contributed by atoms with van der Waals surface area (Å²) in [5, 5.41) is 2.82. The molecular formula is C13H21N7O. The normalized spacial score (nSPS) is 11.3. The van der Waals surface area contributed by atoms with Gasteiger partial charge in [-0.05, 0) is 38.7 Å². The van der Waals surface area contributed by atoms with Crippen molar-refractivity contribution in [2.45, 2.75) is 6.92 Å². The number of guanidine groups is 2. The number of hydrogen-bond acceptors (Lipinski definition) is 3. The van der Waals surface area contributed by atoms with E-state index in [0.29, 0.717) is 17.9 Å². The minimum Gasteiger partial charge on any atom is -0.370 e. The molecule has 0 heterocycles. The van der Waals surface area contributed by atoms with Crippen LogP contribution < -0.4 is 22.5 Å². The molecule has 0 atom stereocenters. The summed E-state index contributed by atoms with van der Waals surface area (Å²) in [6.07, 6.45) is 0. The molecule has 21 heavy (non-hydrogen) atoms. The van der Waals surface area contributed by atoms with Gasteiger partial charge in [0.2, 0.25) is 11.9 Å². The van der Waals surface area contributed by atoms with E-state index in [1.54, 1.807) is 23.1 Å². The Hall–Kier alpha value is -2.61. The molecule has 0 spiro atoms. The van der Waals surface area contributed by atoms with E-state index < -0.39 is 0 Å². The minimum atomic E-state index is -0.163. The highest BCUT2D eigenvalue weighted by Crippen LogP contribution is 2.25. The highest BCUT2D eigenvalue weighted by molar-refractivity contribution is 5.95. The number of amides is 1. The number of carbonyl (C=O) groups excluding carboxylic acids is 1. The van der Waals surface area contributed by atoms with Gasteiger partial charge in [0.25, 0.3) is 0 Å². The first-order valence-electron chi connectivity index (χ1n) is 6.27. The van der Waals surface area contributed by atoms with E-state index in [1.165, 1.54) is 0 Å². The number of nitrogens with zero attached hydrogens (tertiary/aromatic N) is 3. The number of rotatable bonds is 4. The van der Waals surface area contributed by atoms with Crippen LogP contribution in [-0.4, -0.2) is 43.4 Å². The number of hydrogen-bond donors (Lipinski definition) is 4. The van der Waals surface area contributed by atoms with E-state index in [4.69, 9.17) is 17.2 Å². The first-order valence-corrected chi connectivity index (χ1v) is 6.27. The fourth-order valence-electron chi connectivity index (χ4n) is 1.64. The molecular weight excluding hydrogens is 270 g/mol. The predicted octanol–water partition coefficient (Wildman–Crippen LogP) is -0.285. The minimum absolute atomic E-state index is 0.0464. The molecule has 114 valence electrons. The van der Waals surface area contributed by atoms with Gasteiger partial charge in [-0.3, -0.25) is 4.79 Å². The number of anilines is 1. The van der Waals surface area contributed by atoms with Gasteiger partial charge >= 0.3 is 0 Å². The van der Waals surface area contributed by atoms with Crippen LogP contribution >= 0.6 is 0 Å². The Bertz CT molecular complexity index is 574. The molecule has 0 aromatic heterocycles. The van der Waals surface area contributed by atoms with Gasteiger partial charge in [0.15, 0.2) is 5.96 Å². The van der Waals surface area contributed by atoms with Crippen molar-refractivity contribution in [1.29, 1.82) is 0 Å². The lowest BCUT2D eigenvalue weighted by Crippen LogP contribution is -2.27. The standard InChI is InChI=1S/C13H21N7O/c1-8-9(17-11(21)7-20(2)3)5-4-6-10(8)18-13(16)19-12(14)15/h4-6H,7H2,1-3H3,(H,17,21)(H6,14,15,16,18,19). The molecule has 0 fully saturated rings. The monoisotopic (exact) mass is 291 g/mol. The van der Waals surface area contributed by atoms with Crippen molar-refractivity contribution < 1.29 is 4.79 Å². The predicted molar refractivity (Wildman–Crippen MR) is 85.5 cm³/mol. The Labute approximate surface area is 123 Å². The van der Waals surface area contributed by atoms with Crippen LogP contribution in [0.5, 0.6) is 0 Å². The SMILES string of the molecule is Cc1c(N=C(N)N=C(N)N)cccc1NC(=O)CN(C)C. The van der Waals surface area contributed by atoms with Gasteiger partial charge in [-0.25, -0.2) is 4.99 Å². The van der Waals surface area contributed by atoms with Crippen LogP contribution in [0.3, 0.4) is 0 Å². The van der Waals surface area contributed by atoms with Gasteiger partial charge in [-0.2, -0.15) is 4.99 Å². The van der Waals surface area contributed by atoms with Crippen LogP contribution in [0.15, 0.2) is 28.2 Å². The molecule has 1 amide bonds.